The zero-order valence-corrected chi connectivity index (χ0v) is 13.9. The average molecular weight is 302 g/mol. The number of thiazole rings is 1. The summed E-state index contributed by atoms with van der Waals surface area (Å²) in [7, 11) is 1.98. The van der Waals surface area contributed by atoms with Crippen molar-refractivity contribution in [3.05, 3.63) is 51.3 Å². The van der Waals surface area contributed by atoms with E-state index in [0.29, 0.717) is 11.5 Å². The number of hydrogen-bond donors (Lipinski definition) is 0. The van der Waals surface area contributed by atoms with Gasteiger partial charge in [0.05, 0.1) is 0 Å². The quantitative estimate of drug-likeness (QED) is 0.839. The van der Waals surface area contributed by atoms with Crippen molar-refractivity contribution in [2.24, 2.45) is 12.0 Å². The van der Waals surface area contributed by atoms with Crippen LogP contribution in [0.25, 0.3) is 0 Å². The van der Waals surface area contributed by atoms with Crippen molar-refractivity contribution in [3.63, 3.8) is 0 Å². The molecule has 0 unspecified atom stereocenters. The molecule has 0 radical (unpaired) electrons. The van der Waals surface area contributed by atoms with E-state index in [1.54, 1.807) is 23.5 Å². The Balaban J connectivity index is 2.39. The minimum Gasteiger partial charge on any atom is -0.324 e. The highest BCUT2D eigenvalue weighted by atomic mass is 32.1. The summed E-state index contributed by atoms with van der Waals surface area (Å²) in [4.78, 5) is 18.6. The van der Waals surface area contributed by atoms with Crippen molar-refractivity contribution < 1.29 is 4.79 Å². The second-order valence-corrected chi connectivity index (χ2v) is 6.38. The zero-order chi connectivity index (χ0) is 15.4. The molecule has 0 spiro atoms. The van der Waals surface area contributed by atoms with Gasteiger partial charge in [0.2, 0.25) is 0 Å². The Hall–Kier alpha value is -1.68. The smallest absolute Gasteiger partial charge is 0.279 e. The predicted octanol–water partition coefficient (Wildman–Crippen LogP) is 4.04. The summed E-state index contributed by atoms with van der Waals surface area (Å²) in [6, 6.07) is 9.21. The molecule has 1 atom stereocenters. The summed E-state index contributed by atoms with van der Waals surface area (Å²) in [5.41, 5.74) is 1.84. The van der Waals surface area contributed by atoms with Crippen LogP contribution in [-0.2, 0) is 7.05 Å². The van der Waals surface area contributed by atoms with Crippen LogP contribution in [0, 0.1) is 6.92 Å². The second kappa shape index (κ2) is 6.85. The molecule has 0 bridgehead atoms. The lowest BCUT2D eigenvalue weighted by molar-refractivity contribution is 0.0998. The first-order chi connectivity index (χ1) is 10.0. The van der Waals surface area contributed by atoms with E-state index in [4.69, 9.17) is 0 Å². The fourth-order valence-electron chi connectivity index (χ4n) is 2.40. The van der Waals surface area contributed by atoms with Crippen molar-refractivity contribution >= 4 is 17.2 Å². The molecule has 21 heavy (non-hydrogen) atoms. The van der Waals surface area contributed by atoms with E-state index in [-0.39, 0.29) is 5.91 Å². The van der Waals surface area contributed by atoms with Crippen LogP contribution in [0.15, 0.2) is 35.3 Å². The Bertz CT molecular complexity index is 683. The van der Waals surface area contributed by atoms with Gasteiger partial charge >= 0.3 is 0 Å². The Kier molecular flexibility index (Phi) is 5.12. The number of rotatable bonds is 4. The molecule has 0 saturated carbocycles. The molecule has 2 rings (SSSR count). The van der Waals surface area contributed by atoms with E-state index >= 15 is 0 Å². The summed E-state index contributed by atoms with van der Waals surface area (Å²) in [6.07, 6.45) is 2.32. The van der Waals surface area contributed by atoms with Gasteiger partial charge in [-0.05, 0) is 31.4 Å². The van der Waals surface area contributed by atoms with Gasteiger partial charge < -0.3 is 4.57 Å². The highest BCUT2D eigenvalue weighted by molar-refractivity contribution is 7.09. The highest BCUT2D eigenvalue weighted by Gasteiger charge is 2.14. The maximum absolute atomic E-state index is 12.2. The van der Waals surface area contributed by atoms with Gasteiger partial charge in [-0.2, -0.15) is 4.99 Å². The van der Waals surface area contributed by atoms with Gasteiger partial charge in [-0.3, -0.25) is 4.79 Å². The first kappa shape index (κ1) is 15.7. The van der Waals surface area contributed by atoms with E-state index in [2.05, 4.69) is 25.8 Å². The average Bonchev–Trinajstić information content (AvgIpc) is 2.77. The minimum atomic E-state index is -0.179. The Morgan fingerprint density at radius 3 is 2.62 bits per heavy atom. The largest absolute Gasteiger partial charge is 0.324 e. The van der Waals surface area contributed by atoms with Crippen molar-refractivity contribution in [2.45, 2.75) is 39.5 Å². The molecule has 112 valence electrons. The van der Waals surface area contributed by atoms with Crippen LogP contribution >= 0.6 is 11.3 Å². The lowest BCUT2D eigenvalue weighted by Crippen LogP contribution is -2.14. The van der Waals surface area contributed by atoms with Crippen LogP contribution in [0.4, 0.5) is 0 Å². The molecule has 4 heteroatoms. The van der Waals surface area contributed by atoms with Gasteiger partial charge in [-0.15, -0.1) is 11.3 Å². The first-order valence-corrected chi connectivity index (χ1v) is 8.16. The van der Waals surface area contributed by atoms with E-state index in [1.165, 1.54) is 10.6 Å². The van der Waals surface area contributed by atoms with Gasteiger partial charge in [-0.25, -0.2) is 0 Å². The van der Waals surface area contributed by atoms with Crippen LogP contribution < -0.4 is 4.80 Å². The number of benzene rings is 1. The van der Waals surface area contributed by atoms with E-state index in [1.807, 2.05) is 29.8 Å². The molecule has 0 fully saturated rings. The molecular weight excluding hydrogens is 280 g/mol. The monoisotopic (exact) mass is 302 g/mol. The molecule has 1 amide bonds. The number of carbonyl (C=O) groups is 1. The van der Waals surface area contributed by atoms with Gasteiger partial charge in [0.1, 0.15) is 0 Å². The van der Waals surface area contributed by atoms with Gasteiger partial charge in [-0.1, -0.05) is 38.5 Å². The minimum absolute atomic E-state index is 0.179. The van der Waals surface area contributed by atoms with Gasteiger partial charge in [0, 0.05) is 23.2 Å². The van der Waals surface area contributed by atoms with E-state index in [9.17, 15) is 4.79 Å². The maximum atomic E-state index is 12.2. The van der Waals surface area contributed by atoms with Crippen molar-refractivity contribution in [1.82, 2.24) is 4.57 Å². The van der Waals surface area contributed by atoms with Crippen molar-refractivity contribution in [2.75, 3.05) is 0 Å². The van der Waals surface area contributed by atoms with Crippen LogP contribution in [0.3, 0.4) is 0 Å². The molecule has 0 aliphatic carbocycles. The molecule has 0 saturated heterocycles. The standard InChI is InChI=1S/C17H22N2OS/c1-5-9-12(2)15-13(3)19(4)17(21-15)18-16(20)14-10-7-6-8-11-14/h6-8,10-12H,5,9H2,1-4H3/t12-/m0/s1. The summed E-state index contributed by atoms with van der Waals surface area (Å²) < 4.78 is 2.02. The summed E-state index contributed by atoms with van der Waals surface area (Å²) in [5, 5.41) is 0. The third-order valence-electron chi connectivity index (χ3n) is 3.74. The molecule has 0 N–H and O–H groups in total. The van der Waals surface area contributed by atoms with Crippen molar-refractivity contribution in [1.29, 1.82) is 0 Å². The molecule has 1 heterocycles. The van der Waals surface area contributed by atoms with E-state index in [0.717, 1.165) is 17.6 Å². The normalized spacial score (nSPS) is 13.4. The fraction of sp³-hybridized carbons (Fsp3) is 0.412. The van der Waals surface area contributed by atoms with E-state index < -0.39 is 0 Å². The zero-order valence-electron chi connectivity index (χ0n) is 13.1. The molecule has 0 aliphatic rings. The molecule has 0 aliphatic heterocycles. The van der Waals surface area contributed by atoms with Crippen LogP contribution in [0.2, 0.25) is 0 Å². The SMILES string of the molecule is CCC[C@H](C)c1sc(=NC(=O)c2ccccc2)n(C)c1C. The summed E-state index contributed by atoms with van der Waals surface area (Å²) >= 11 is 1.63. The lowest BCUT2D eigenvalue weighted by Gasteiger charge is -2.08. The molecule has 1 aromatic carbocycles. The third-order valence-corrected chi connectivity index (χ3v) is 5.20. The number of nitrogens with zero attached hydrogens (tertiary/aromatic N) is 2. The van der Waals surface area contributed by atoms with Crippen LogP contribution in [-0.4, -0.2) is 10.5 Å². The lowest BCUT2D eigenvalue weighted by atomic mass is 10.0. The molecule has 1 aromatic heterocycles. The van der Waals surface area contributed by atoms with Crippen LogP contribution in [0.5, 0.6) is 0 Å². The summed E-state index contributed by atoms with van der Waals surface area (Å²) in [6.45, 7) is 6.54. The van der Waals surface area contributed by atoms with Gasteiger partial charge in [0.25, 0.3) is 5.91 Å². The Morgan fingerprint density at radius 1 is 1.33 bits per heavy atom. The summed E-state index contributed by atoms with van der Waals surface area (Å²) in [5.74, 6) is 0.337. The number of carbonyl (C=O) groups excluding carboxylic acids is 1. The fourth-order valence-corrected chi connectivity index (χ4v) is 3.60. The Morgan fingerprint density at radius 2 is 2.00 bits per heavy atom. The number of aromatic nitrogens is 1. The number of amides is 1. The molecular formula is C17H22N2OS. The molecule has 3 nitrogen and oxygen atoms in total. The second-order valence-electron chi connectivity index (χ2n) is 5.37. The van der Waals surface area contributed by atoms with Gasteiger partial charge in [0.15, 0.2) is 4.80 Å². The predicted molar refractivity (Wildman–Crippen MR) is 87.7 cm³/mol. The van der Waals surface area contributed by atoms with Crippen LogP contribution in [0.1, 0.15) is 53.5 Å². The maximum Gasteiger partial charge on any atom is 0.279 e. The first-order valence-electron chi connectivity index (χ1n) is 7.35. The molecule has 2 aromatic rings. The number of hydrogen-bond acceptors (Lipinski definition) is 2. The topological polar surface area (TPSA) is 34.4 Å². The highest BCUT2D eigenvalue weighted by Crippen LogP contribution is 2.26. The third kappa shape index (κ3) is 3.50. The Labute approximate surface area is 130 Å². The van der Waals surface area contributed by atoms with Crippen molar-refractivity contribution in [3.8, 4) is 0 Å².